The Morgan fingerprint density at radius 3 is 2.22 bits per heavy atom. The van der Waals surface area contributed by atoms with Crippen LogP contribution in [0.25, 0.3) is 5.95 Å². The quantitative estimate of drug-likeness (QED) is 0.758. The van der Waals surface area contributed by atoms with Crippen molar-refractivity contribution in [1.82, 2.24) is 30.2 Å². The van der Waals surface area contributed by atoms with E-state index < -0.39 is 0 Å². The lowest BCUT2D eigenvalue weighted by molar-refractivity contribution is 0.713. The lowest BCUT2D eigenvalue weighted by Gasteiger charge is -2.07. The summed E-state index contributed by atoms with van der Waals surface area (Å²) in [4.78, 5) is 0. The van der Waals surface area contributed by atoms with E-state index in [9.17, 15) is 0 Å². The van der Waals surface area contributed by atoms with Gasteiger partial charge in [0.05, 0.1) is 15.9 Å². The first-order chi connectivity index (χ1) is 11.0. The summed E-state index contributed by atoms with van der Waals surface area (Å²) in [5, 5.41) is 23.8. The molecule has 0 fully saturated rings. The monoisotopic (exact) mass is 373 g/mol. The van der Waals surface area contributed by atoms with E-state index in [0.29, 0.717) is 11.9 Å². The first kappa shape index (κ1) is 15.5. The number of rotatable bonds is 3. The standard InChI is InChI=1S/C15H16BrN7/c1-8-5-6-12(7-9(8)2)17-14-18-20-15(21-19-14)23-11(4)13(16)10(3)22-23/h5-7H,1-4H3,(H,17,18,19). The molecule has 2 aromatic heterocycles. The molecule has 0 aliphatic heterocycles. The molecule has 0 radical (unpaired) electrons. The van der Waals surface area contributed by atoms with Crippen molar-refractivity contribution in [3.05, 3.63) is 45.2 Å². The van der Waals surface area contributed by atoms with Gasteiger partial charge in [-0.1, -0.05) is 6.07 Å². The van der Waals surface area contributed by atoms with Crippen molar-refractivity contribution in [2.24, 2.45) is 0 Å². The van der Waals surface area contributed by atoms with Crippen molar-refractivity contribution in [3.8, 4) is 5.95 Å². The predicted molar refractivity (Wildman–Crippen MR) is 91.1 cm³/mol. The molecule has 0 saturated heterocycles. The van der Waals surface area contributed by atoms with Crippen molar-refractivity contribution in [1.29, 1.82) is 0 Å². The molecule has 3 aromatic rings. The molecular weight excluding hydrogens is 358 g/mol. The second kappa shape index (κ2) is 6.04. The maximum Gasteiger partial charge on any atom is 0.289 e. The van der Waals surface area contributed by atoms with E-state index >= 15 is 0 Å². The molecule has 23 heavy (non-hydrogen) atoms. The first-order valence-corrected chi connectivity index (χ1v) is 7.89. The highest BCUT2D eigenvalue weighted by atomic mass is 79.9. The van der Waals surface area contributed by atoms with Crippen LogP contribution in [0.1, 0.15) is 22.5 Å². The van der Waals surface area contributed by atoms with Gasteiger partial charge in [-0.2, -0.15) is 9.78 Å². The number of nitrogens with zero attached hydrogens (tertiary/aromatic N) is 6. The zero-order valence-electron chi connectivity index (χ0n) is 13.3. The minimum atomic E-state index is 0.335. The molecule has 0 spiro atoms. The molecule has 0 atom stereocenters. The van der Waals surface area contributed by atoms with Gasteiger partial charge in [0.2, 0.25) is 0 Å². The van der Waals surface area contributed by atoms with Crippen LogP contribution < -0.4 is 5.32 Å². The van der Waals surface area contributed by atoms with Crippen LogP contribution in [0, 0.1) is 27.7 Å². The molecule has 1 N–H and O–H groups in total. The number of benzene rings is 1. The Morgan fingerprint density at radius 1 is 0.957 bits per heavy atom. The third-order valence-corrected chi connectivity index (χ3v) is 4.77. The summed E-state index contributed by atoms with van der Waals surface area (Å²) in [5.74, 6) is 0.680. The van der Waals surface area contributed by atoms with Gasteiger partial charge < -0.3 is 5.32 Å². The van der Waals surface area contributed by atoms with Gasteiger partial charge in [0.25, 0.3) is 11.9 Å². The Bertz CT molecular complexity index is 855. The fraction of sp³-hybridized carbons (Fsp3) is 0.267. The number of anilines is 2. The fourth-order valence-corrected chi connectivity index (χ4v) is 2.37. The highest BCUT2D eigenvalue weighted by molar-refractivity contribution is 9.10. The van der Waals surface area contributed by atoms with Gasteiger partial charge in [-0.15, -0.1) is 20.4 Å². The SMILES string of the molecule is Cc1ccc(Nc2nnc(-n3nc(C)c(Br)c3C)nn2)cc1C. The highest BCUT2D eigenvalue weighted by Crippen LogP contribution is 2.21. The van der Waals surface area contributed by atoms with Crippen LogP contribution >= 0.6 is 15.9 Å². The zero-order chi connectivity index (χ0) is 16.6. The Kier molecular flexibility index (Phi) is 4.08. The molecule has 0 unspecified atom stereocenters. The van der Waals surface area contributed by atoms with E-state index in [-0.39, 0.29) is 0 Å². The van der Waals surface area contributed by atoms with E-state index in [1.54, 1.807) is 4.68 Å². The van der Waals surface area contributed by atoms with Gasteiger partial charge in [-0.25, -0.2) is 0 Å². The maximum atomic E-state index is 4.36. The number of aryl methyl sites for hydroxylation is 3. The van der Waals surface area contributed by atoms with Crippen LogP contribution in [-0.2, 0) is 0 Å². The van der Waals surface area contributed by atoms with Crippen LogP contribution in [0.2, 0.25) is 0 Å². The molecule has 7 nitrogen and oxygen atoms in total. The smallest absolute Gasteiger partial charge is 0.289 e. The van der Waals surface area contributed by atoms with Crippen LogP contribution in [0.4, 0.5) is 11.6 Å². The van der Waals surface area contributed by atoms with Gasteiger partial charge in [0.1, 0.15) is 0 Å². The molecule has 0 aliphatic carbocycles. The molecule has 0 bridgehead atoms. The summed E-state index contributed by atoms with van der Waals surface area (Å²) in [6.45, 7) is 7.96. The van der Waals surface area contributed by atoms with Crippen molar-refractivity contribution in [3.63, 3.8) is 0 Å². The predicted octanol–water partition coefficient (Wildman–Crippen LogP) is 3.19. The van der Waals surface area contributed by atoms with Crippen molar-refractivity contribution in [2.45, 2.75) is 27.7 Å². The number of aromatic nitrogens is 6. The molecule has 0 amide bonds. The first-order valence-electron chi connectivity index (χ1n) is 7.09. The van der Waals surface area contributed by atoms with Gasteiger partial charge in [0, 0.05) is 5.69 Å². The van der Waals surface area contributed by atoms with E-state index in [0.717, 1.165) is 21.5 Å². The second-order valence-electron chi connectivity index (χ2n) is 5.34. The zero-order valence-corrected chi connectivity index (χ0v) is 14.9. The van der Waals surface area contributed by atoms with Gasteiger partial charge in [-0.05, 0) is 66.9 Å². The molecule has 8 heteroatoms. The number of hydrogen-bond acceptors (Lipinski definition) is 6. The fourth-order valence-electron chi connectivity index (χ4n) is 2.13. The molecule has 3 rings (SSSR count). The average molecular weight is 374 g/mol. The maximum absolute atomic E-state index is 4.36. The Labute approximate surface area is 142 Å². The van der Waals surface area contributed by atoms with E-state index in [1.165, 1.54) is 11.1 Å². The van der Waals surface area contributed by atoms with Crippen molar-refractivity contribution >= 4 is 27.6 Å². The number of hydrogen-bond donors (Lipinski definition) is 1. The van der Waals surface area contributed by atoms with E-state index in [4.69, 9.17) is 0 Å². The lowest BCUT2D eigenvalue weighted by atomic mass is 10.1. The third kappa shape index (κ3) is 3.07. The van der Waals surface area contributed by atoms with Gasteiger partial charge in [-0.3, -0.25) is 0 Å². The van der Waals surface area contributed by atoms with Gasteiger partial charge >= 0.3 is 0 Å². The lowest BCUT2D eigenvalue weighted by Crippen LogP contribution is -2.10. The molecule has 0 saturated carbocycles. The Hall–Kier alpha value is -2.35. The van der Waals surface area contributed by atoms with E-state index in [1.807, 2.05) is 32.0 Å². The second-order valence-corrected chi connectivity index (χ2v) is 6.14. The van der Waals surface area contributed by atoms with Crippen molar-refractivity contribution < 1.29 is 0 Å². The largest absolute Gasteiger partial charge is 0.322 e. The summed E-state index contributed by atoms with van der Waals surface area (Å²) in [5.41, 5.74) is 5.10. The molecule has 0 aliphatic rings. The summed E-state index contributed by atoms with van der Waals surface area (Å²) in [6.07, 6.45) is 0. The molecule has 2 heterocycles. The number of nitrogens with one attached hydrogen (secondary N) is 1. The van der Waals surface area contributed by atoms with Crippen LogP contribution in [-0.4, -0.2) is 30.2 Å². The normalized spacial score (nSPS) is 10.8. The van der Waals surface area contributed by atoms with Crippen LogP contribution in [0.3, 0.4) is 0 Å². The number of halogens is 1. The third-order valence-electron chi connectivity index (χ3n) is 3.62. The molecule has 1 aromatic carbocycles. The Balaban J connectivity index is 1.84. The van der Waals surface area contributed by atoms with Crippen molar-refractivity contribution in [2.75, 3.05) is 5.32 Å². The molecule has 118 valence electrons. The summed E-state index contributed by atoms with van der Waals surface area (Å²) in [6, 6.07) is 6.04. The van der Waals surface area contributed by atoms with Gasteiger partial charge in [0.15, 0.2) is 0 Å². The summed E-state index contributed by atoms with van der Waals surface area (Å²) >= 11 is 3.48. The average Bonchev–Trinajstić information content (AvgIpc) is 2.79. The highest BCUT2D eigenvalue weighted by Gasteiger charge is 2.13. The topological polar surface area (TPSA) is 81.4 Å². The summed E-state index contributed by atoms with van der Waals surface area (Å²) in [7, 11) is 0. The van der Waals surface area contributed by atoms with E-state index in [2.05, 4.69) is 60.6 Å². The summed E-state index contributed by atoms with van der Waals surface area (Å²) < 4.78 is 2.54. The minimum Gasteiger partial charge on any atom is -0.322 e. The van der Waals surface area contributed by atoms with Crippen LogP contribution in [0.5, 0.6) is 0 Å². The Morgan fingerprint density at radius 2 is 1.65 bits per heavy atom. The van der Waals surface area contributed by atoms with Crippen LogP contribution in [0.15, 0.2) is 22.7 Å². The minimum absolute atomic E-state index is 0.335. The molecular formula is C15H16BrN7.